The second-order valence-electron chi connectivity index (χ2n) is 8.78. The van der Waals surface area contributed by atoms with Crippen molar-refractivity contribution in [3.05, 3.63) is 58.7 Å². The number of ketones is 1. The summed E-state index contributed by atoms with van der Waals surface area (Å²) < 4.78 is 23.2. The Morgan fingerprint density at radius 2 is 1.12 bits per heavy atom. The predicted molar refractivity (Wildman–Crippen MR) is 137 cm³/mol. The minimum atomic E-state index is 0.0572. The number of ether oxygens (including phenoxy) is 4. The molecule has 5 heteroatoms. The van der Waals surface area contributed by atoms with Gasteiger partial charge in [-0.15, -0.1) is 0 Å². The first kappa shape index (κ1) is 25.4. The molecule has 0 aromatic heterocycles. The third-order valence-corrected chi connectivity index (χ3v) is 5.19. The Kier molecular flexibility index (Phi) is 8.80. The first-order valence-corrected chi connectivity index (χ1v) is 12.1. The van der Waals surface area contributed by atoms with Gasteiger partial charge in [0.25, 0.3) is 0 Å². The zero-order chi connectivity index (χ0) is 24.7. The summed E-state index contributed by atoms with van der Waals surface area (Å²) in [5, 5.41) is 0. The predicted octanol–water partition coefficient (Wildman–Crippen LogP) is 6.89. The molecular formula is C29H36O5. The van der Waals surface area contributed by atoms with Crippen molar-refractivity contribution in [2.45, 2.75) is 66.6 Å². The molecule has 2 aromatic rings. The molecule has 0 radical (unpaired) electrons. The van der Waals surface area contributed by atoms with Crippen LogP contribution in [0.4, 0.5) is 0 Å². The maximum atomic E-state index is 13.1. The van der Waals surface area contributed by atoms with Crippen LogP contribution in [0, 0.1) is 0 Å². The molecule has 0 unspecified atom stereocenters. The number of allylic oxidation sites excluding steroid dienone is 2. The minimum Gasteiger partial charge on any atom is -0.490 e. The second kappa shape index (κ2) is 11.8. The number of hydrogen-bond acceptors (Lipinski definition) is 5. The van der Waals surface area contributed by atoms with Crippen LogP contribution in [0.3, 0.4) is 0 Å². The van der Waals surface area contributed by atoms with Crippen molar-refractivity contribution in [1.29, 1.82) is 0 Å². The van der Waals surface area contributed by atoms with E-state index in [4.69, 9.17) is 18.9 Å². The molecule has 0 saturated heterocycles. The van der Waals surface area contributed by atoms with E-state index < -0.39 is 0 Å². The summed E-state index contributed by atoms with van der Waals surface area (Å²) in [7, 11) is 0. The smallest absolute Gasteiger partial charge is 0.185 e. The fourth-order valence-electron chi connectivity index (χ4n) is 3.85. The Morgan fingerprint density at radius 1 is 0.706 bits per heavy atom. The van der Waals surface area contributed by atoms with E-state index in [0.29, 0.717) is 49.1 Å². The lowest BCUT2D eigenvalue weighted by Crippen LogP contribution is -2.07. The van der Waals surface area contributed by atoms with E-state index >= 15 is 0 Å². The molecule has 0 N–H and O–H groups in total. The van der Waals surface area contributed by atoms with Crippen LogP contribution in [0.1, 0.15) is 65.5 Å². The highest BCUT2D eigenvalue weighted by Crippen LogP contribution is 2.35. The Hall–Kier alpha value is -3.21. The van der Waals surface area contributed by atoms with E-state index in [-0.39, 0.29) is 18.0 Å². The van der Waals surface area contributed by atoms with Crippen LogP contribution in [0.2, 0.25) is 0 Å². The van der Waals surface area contributed by atoms with Crippen molar-refractivity contribution in [3.8, 4) is 23.0 Å². The van der Waals surface area contributed by atoms with Crippen molar-refractivity contribution in [2.75, 3.05) is 13.2 Å². The van der Waals surface area contributed by atoms with Crippen LogP contribution in [0.5, 0.6) is 23.0 Å². The minimum absolute atomic E-state index is 0.0572. The molecule has 1 aliphatic carbocycles. The number of carbonyl (C=O) groups is 1. The molecule has 2 aromatic carbocycles. The van der Waals surface area contributed by atoms with E-state index in [9.17, 15) is 4.79 Å². The van der Waals surface area contributed by atoms with E-state index in [1.165, 1.54) is 0 Å². The van der Waals surface area contributed by atoms with Crippen LogP contribution in [0.15, 0.2) is 47.5 Å². The van der Waals surface area contributed by atoms with Gasteiger partial charge in [0.1, 0.15) is 0 Å². The quantitative estimate of drug-likeness (QED) is 0.358. The summed E-state index contributed by atoms with van der Waals surface area (Å²) in [4.78, 5) is 13.1. The van der Waals surface area contributed by atoms with Gasteiger partial charge in [-0.3, -0.25) is 4.79 Å². The summed E-state index contributed by atoms with van der Waals surface area (Å²) in [6.07, 6.45) is 5.45. The van der Waals surface area contributed by atoms with Crippen LogP contribution in [-0.4, -0.2) is 31.2 Å². The summed E-state index contributed by atoms with van der Waals surface area (Å²) in [6.45, 7) is 12.9. The molecule has 34 heavy (non-hydrogen) atoms. The highest BCUT2D eigenvalue weighted by atomic mass is 16.5. The van der Waals surface area contributed by atoms with Gasteiger partial charge in [-0.25, -0.2) is 0 Å². The number of benzene rings is 2. The number of carbonyl (C=O) groups excluding carboxylic acids is 1. The third-order valence-electron chi connectivity index (χ3n) is 5.19. The first-order chi connectivity index (χ1) is 16.3. The lowest BCUT2D eigenvalue weighted by molar-refractivity contribution is -0.111. The fraction of sp³-hybridized carbons (Fsp3) is 0.414. The third kappa shape index (κ3) is 6.66. The Bertz CT molecular complexity index is 979. The zero-order valence-corrected chi connectivity index (χ0v) is 21.1. The maximum Gasteiger partial charge on any atom is 0.185 e. The largest absolute Gasteiger partial charge is 0.490 e. The lowest BCUT2D eigenvalue weighted by atomic mass is 10.1. The van der Waals surface area contributed by atoms with Crippen molar-refractivity contribution >= 4 is 17.9 Å². The van der Waals surface area contributed by atoms with E-state index in [1.807, 2.05) is 90.1 Å². The van der Waals surface area contributed by atoms with Gasteiger partial charge in [0.05, 0.1) is 25.4 Å². The van der Waals surface area contributed by atoms with Crippen molar-refractivity contribution in [2.24, 2.45) is 0 Å². The molecule has 0 spiro atoms. The van der Waals surface area contributed by atoms with Crippen molar-refractivity contribution in [3.63, 3.8) is 0 Å². The molecule has 0 heterocycles. The van der Waals surface area contributed by atoms with Gasteiger partial charge in [-0.1, -0.05) is 12.1 Å². The maximum absolute atomic E-state index is 13.1. The van der Waals surface area contributed by atoms with Gasteiger partial charge in [-0.05, 0) is 102 Å². The summed E-state index contributed by atoms with van der Waals surface area (Å²) in [6, 6.07) is 11.6. The Morgan fingerprint density at radius 3 is 1.47 bits per heavy atom. The van der Waals surface area contributed by atoms with Crippen LogP contribution in [0.25, 0.3) is 12.2 Å². The fourth-order valence-corrected chi connectivity index (χ4v) is 3.85. The van der Waals surface area contributed by atoms with E-state index in [1.54, 1.807) is 0 Å². The molecule has 1 fully saturated rings. The van der Waals surface area contributed by atoms with Crippen molar-refractivity contribution < 1.29 is 23.7 Å². The van der Waals surface area contributed by atoms with Crippen molar-refractivity contribution in [1.82, 2.24) is 0 Å². The Balaban J connectivity index is 1.83. The zero-order valence-electron chi connectivity index (χ0n) is 21.1. The number of hydrogen-bond donors (Lipinski definition) is 0. The average molecular weight is 465 g/mol. The van der Waals surface area contributed by atoms with Gasteiger partial charge in [0, 0.05) is 11.1 Å². The molecule has 5 nitrogen and oxygen atoms in total. The van der Waals surface area contributed by atoms with Gasteiger partial charge in [-0.2, -0.15) is 0 Å². The molecule has 0 aliphatic heterocycles. The van der Waals surface area contributed by atoms with Gasteiger partial charge in [0.2, 0.25) is 0 Å². The molecule has 0 atom stereocenters. The van der Waals surface area contributed by atoms with E-state index in [0.717, 1.165) is 22.3 Å². The monoisotopic (exact) mass is 464 g/mol. The van der Waals surface area contributed by atoms with Gasteiger partial charge >= 0.3 is 0 Å². The summed E-state index contributed by atoms with van der Waals surface area (Å²) >= 11 is 0. The molecule has 1 aliphatic rings. The standard InChI is InChI=1S/C29H36O5/c1-7-31-27-17-21(9-13-25(27)33-19(3)4)15-23-11-12-24(29(23)30)16-22-10-14-26(34-20(5)6)28(18-22)32-8-2/h9-10,13-20H,7-8,11-12H2,1-6H3/b23-15+,24-16+. The first-order valence-electron chi connectivity index (χ1n) is 12.1. The lowest BCUT2D eigenvalue weighted by Gasteiger charge is -2.15. The van der Waals surface area contributed by atoms with Gasteiger partial charge in [0.15, 0.2) is 28.8 Å². The second-order valence-corrected chi connectivity index (χ2v) is 8.78. The molecule has 1 saturated carbocycles. The van der Waals surface area contributed by atoms with Crippen LogP contribution in [-0.2, 0) is 4.79 Å². The molecule has 182 valence electrons. The topological polar surface area (TPSA) is 54.0 Å². The van der Waals surface area contributed by atoms with Crippen LogP contribution < -0.4 is 18.9 Å². The highest BCUT2D eigenvalue weighted by Gasteiger charge is 2.23. The Labute approximate surface area is 203 Å². The SMILES string of the molecule is CCOc1cc(/C=C2\CC/C(=C\c3ccc(OC(C)C)c(OCC)c3)C2=O)ccc1OC(C)C. The summed E-state index contributed by atoms with van der Waals surface area (Å²) in [5.74, 6) is 2.90. The summed E-state index contributed by atoms with van der Waals surface area (Å²) in [5.41, 5.74) is 3.46. The van der Waals surface area contributed by atoms with Crippen LogP contribution >= 0.6 is 0 Å². The molecule has 0 amide bonds. The van der Waals surface area contributed by atoms with Gasteiger partial charge < -0.3 is 18.9 Å². The molecule has 0 bridgehead atoms. The van der Waals surface area contributed by atoms with E-state index in [2.05, 4.69) is 0 Å². The molecular weight excluding hydrogens is 428 g/mol. The average Bonchev–Trinajstić information content (AvgIpc) is 3.11. The number of Topliss-reactive ketones (excluding diaryl/α,β-unsaturated/α-hetero) is 1. The normalized spacial score (nSPS) is 16.1. The highest BCUT2D eigenvalue weighted by molar-refractivity contribution is 6.15. The molecule has 3 rings (SSSR count). The number of rotatable bonds is 10.